The van der Waals surface area contributed by atoms with E-state index in [0.717, 1.165) is 6.54 Å². The largest absolute Gasteiger partial charge is 0.312 e. The number of likely N-dealkylation sites (N-methyl/N-ethyl adjacent to an activating group) is 1. The first kappa shape index (κ1) is 15.5. The van der Waals surface area contributed by atoms with Gasteiger partial charge in [0.1, 0.15) is 0 Å². The van der Waals surface area contributed by atoms with Crippen molar-refractivity contribution in [1.29, 1.82) is 0 Å². The van der Waals surface area contributed by atoms with Crippen molar-refractivity contribution in [2.75, 3.05) is 39.8 Å². The van der Waals surface area contributed by atoms with E-state index in [1.54, 1.807) is 0 Å². The molecule has 1 fully saturated rings. The Morgan fingerprint density at radius 3 is 2.30 bits per heavy atom. The molecule has 1 heterocycles. The summed E-state index contributed by atoms with van der Waals surface area (Å²) in [6.07, 6.45) is 0. The van der Waals surface area contributed by atoms with Crippen molar-refractivity contribution in [2.45, 2.75) is 32.9 Å². The second kappa shape index (κ2) is 7.21. The summed E-state index contributed by atoms with van der Waals surface area (Å²) in [7, 11) is 2.07. The molecule has 0 saturated carbocycles. The molecule has 112 valence electrons. The van der Waals surface area contributed by atoms with Crippen molar-refractivity contribution < 1.29 is 0 Å². The van der Waals surface area contributed by atoms with Gasteiger partial charge in [0.15, 0.2) is 0 Å². The van der Waals surface area contributed by atoms with E-state index in [9.17, 15) is 0 Å². The van der Waals surface area contributed by atoms with Gasteiger partial charge in [-0.25, -0.2) is 0 Å². The Labute approximate surface area is 124 Å². The average molecular weight is 275 g/mol. The van der Waals surface area contributed by atoms with E-state index < -0.39 is 0 Å². The zero-order valence-corrected chi connectivity index (χ0v) is 13.4. The smallest absolute Gasteiger partial charge is 0.0449 e. The zero-order valence-electron chi connectivity index (χ0n) is 13.4. The molecule has 1 aromatic rings. The Morgan fingerprint density at radius 1 is 1.10 bits per heavy atom. The molecule has 1 aliphatic heterocycles. The van der Waals surface area contributed by atoms with Crippen LogP contribution >= 0.6 is 0 Å². The van der Waals surface area contributed by atoms with Gasteiger partial charge in [-0.2, -0.15) is 0 Å². The molecule has 0 amide bonds. The van der Waals surface area contributed by atoms with E-state index in [1.165, 1.54) is 37.3 Å². The van der Waals surface area contributed by atoms with Gasteiger partial charge in [0.2, 0.25) is 0 Å². The summed E-state index contributed by atoms with van der Waals surface area (Å²) in [5, 5.41) is 3.49. The summed E-state index contributed by atoms with van der Waals surface area (Å²) in [6, 6.07) is 9.82. The molecule has 1 unspecified atom stereocenters. The van der Waals surface area contributed by atoms with Crippen molar-refractivity contribution in [1.82, 2.24) is 15.1 Å². The minimum atomic E-state index is 0.432. The van der Waals surface area contributed by atoms with Crippen LogP contribution in [0.2, 0.25) is 0 Å². The van der Waals surface area contributed by atoms with E-state index >= 15 is 0 Å². The summed E-state index contributed by atoms with van der Waals surface area (Å²) in [5.74, 6) is 0. The molecule has 20 heavy (non-hydrogen) atoms. The molecule has 3 nitrogen and oxygen atoms in total. The van der Waals surface area contributed by atoms with Crippen LogP contribution in [0.3, 0.4) is 0 Å². The lowest BCUT2D eigenvalue weighted by molar-refractivity contribution is 0.102. The van der Waals surface area contributed by atoms with Gasteiger partial charge >= 0.3 is 0 Å². The summed E-state index contributed by atoms with van der Waals surface area (Å²) < 4.78 is 0. The number of nitrogens with zero attached hydrogens (tertiary/aromatic N) is 2. The van der Waals surface area contributed by atoms with Crippen LogP contribution < -0.4 is 5.32 Å². The monoisotopic (exact) mass is 275 g/mol. The Bertz CT molecular complexity index is 408. The number of hydrogen-bond donors (Lipinski definition) is 1. The van der Waals surface area contributed by atoms with Crippen LogP contribution in [0.25, 0.3) is 0 Å². The van der Waals surface area contributed by atoms with E-state index in [-0.39, 0.29) is 0 Å². The highest BCUT2D eigenvalue weighted by Gasteiger charge is 2.21. The number of nitrogens with one attached hydrogen (secondary N) is 1. The Morgan fingerprint density at radius 2 is 1.75 bits per heavy atom. The van der Waals surface area contributed by atoms with Crippen LogP contribution in [0, 0.1) is 6.92 Å². The summed E-state index contributed by atoms with van der Waals surface area (Å²) in [4.78, 5) is 5.16. The molecular formula is C17H29N3. The fraction of sp³-hybridized carbons (Fsp3) is 0.647. The van der Waals surface area contributed by atoms with Gasteiger partial charge in [-0.3, -0.25) is 9.80 Å². The second-order valence-electron chi connectivity index (χ2n) is 6.13. The van der Waals surface area contributed by atoms with Gasteiger partial charge in [0.25, 0.3) is 0 Å². The van der Waals surface area contributed by atoms with Crippen LogP contribution in [-0.2, 0) is 0 Å². The number of piperazine rings is 1. The fourth-order valence-corrected chi connectivity index (χ4v) is 3.04. The quantitative estimate of drug-likeness (QED) is 0.889. The molecule has 0 bridgehead atoms. The second-order valence-corrected chi connectivity index (χ2v) is 6.13. The Kier molecular flexibility index (Phi) is 5.58. The number of rotatable bonds is 5. The molecule has 0 aromatic heterocycles. The summed E-state index contributed by atoms with van der Waals surface area (Å²) >= 11 is 0. The van der Waals surface area contributed by atoms with Gasteiger partial charge in [-0.1, -0.05) is 24.3 Å². The number of aryl methyl sites for hydroxylation is 1. The van der Waals surface area contributed by atoms with Crippen LogP contribution in [0.5, 0.6) is 0 Å². The van der Waals surface area contributed by atoms with E-state index in [1.807, 2.05) is 0 Å². The fourth-order valence-electron chi connectivity index (χ4n) is 3.04. The molecule has 1 aliphatic rings. The Hall–Kier alpha value is -0.900. The first-order valence-electron chi connectivity index (χ1n) is 7.81. The highest BCUT2D eigenvalue weighted by molar-refractivity contribution is 5.29. The average Bonchev–Trinajstić information content (AvgIpc) is 2.46. The molecule has 3 heteroatoms. The molecule has 0 spiro atoms. The van der Waals surface area contributed by atoms with Crippen molar-refractivity contribution in [3.63, 3.8) is 0 Å². The molecule has 0 aliphatic carbocycles. The lowest BCUT2D eigenvalue weighted by Gasteiger charge is -2.38. The highest BCUT2D eigenvalue weighted by Crippen LogP contribution is 2.19. The van der Waals surface area contributed by atoms with Crippen LogP contribution in [0.4, 0.5) is 0 Å². The van der Waals surface area contributed by atoms with Gasteiger partial charge < -0.3 is 5.32 Å². The third kappa shape index (κ3) is 3.81. The topological polar surface area (TPSA) is 18.5 Å². The van der Waals surface area contributed by atoms with E-state index in [0.29, 0.717) is 12.1 Å². The zero-order chi connectivity index (χ0) is 14.5. The third-order valence-electron chi connectivity index (χ3n) is 4.49. The maximum Gasteiger partial charge on any atom is 0.0449 e. The summed E-state index contributed by atoms with van der Waals surface area (Å²) in [5.41, 5.74) is 2.81. The highest BCUT2D eigenvalue weighted by atomic mass is 15.3. The van der Waals surface area contributed by atoms with Gasteiger partial charge in [0.05, 0.1) is 0 Å². The molecular weight excluding hydrogens is 246 g/mol. The maximum atomic E-state index is 3.49. The Balaban J connectivity index is 1.93. The van der Waals surface area contributed by atoms with Gasteiger partial charge in [-0.15, -0.1) is 0 Å². The van der Waals surface area contributed by atoms with Crippen LogP contribution in [0.1, 0.15) is 31.0 Å². The molecule has 1 aromatic carbocycles. The third-order valence-corrected chi connectivity index (χ3v) is 4.49. The molecule has 1 saturated heterocycles. The van der Waals surface area contributed by atoms with Crippen LogP contribution in [0.15, 0.2) is 24.3 Å². The first-order chi connectivity index (χ1) is 9.61. The minimum Gasteiger partial charge on any atom is -0.312 e. The standard InChI is InChI=1S/C17H29N3/c1-14(2)20-11-9-19(10-12-20)13-17(18-4)16-8-6-5-7-15(16)3/h5-8,14,17-18H,9-13H2,1-4H3. The number of hydrogen-bond acceptors (Lipinski definition) is 3. The maximum absolute atomic E-state index is 3.49. The van der Waals surface area contributed by atoms with E-state index in [2.05, 4.69) is 67.2 Å². The van der Waals surface area contributed by atoms with Gasteiger partial charge in [0, 0.05) is 44.8 Å². The molecule has 0 radical (unpaired) electrons. The van der Waals surface area contributed by atoms with Crippen LogP contribution in [-0.4, -0.2) is 55.6 Å². The summed E-state index contributed by atoms with van der Waals surface area (Å²) in [6.45, 7) is 12.6. The van der Waals surface area contributed by atoms with E-state index in [4.69, 9.17) is 0 Å². The van der Waals surface area contributed by atoms with Crippen molar-refractivity contribution in [3.05, 3.63) is 35.4 Å². The molecule has 1 N–H and O–H groups in total. The van der Waals surface area contributed by atoms with Crippen molar-refractivity contribution in [2.24, 2.45) is 0 Å². The normalized spacial score (nSPS) is 19.4. The lowest BCUT2D eigenvalue weighted by Crippen LogP contribution is -2.50. The molecule has 1 atom stereocenters. The minimum absolute atomic E-state index is 0.432. The number of benzene rings is 1. The van der Waals surface area contributed by atoms with Gasteiger partial charge in [-0.05, 0) is 38.9 Å². The molecule has 2 rings (SSSR count). The first-order valence-corrected chi connectivity index (χ1v) is 7.81. The van der Waals surface area contributed by atoms with Crippen molar-refractivity contribution in [3.8, 4) is 0 Å². The lowest BCUT2D eigenvalue weighted by atomic mass is 10.0. The van der Waals surface area contributed by atoms with Crippen molar-refractivity contribution >= 4 is 0 Å². The SMILES string of the molecule is CNC(CN1CCN(C(C)C)CC1)c1ccccc1C. The predicted molar refractivity (Wildman–Crippen MR) is 86.1 cm³/mol. The predicted octanol–water partition coefficient (Wildman–Crippen LogP) is 2.28.